The minimum absolute atomic E-state index is 0.268. The summed E-state index contributed by atoms with van der Waals surface area (Å²) in [5, 5.41) is 3.41. The molecule has 2 aromatic rings. The molecule has 0 aliphatic heterocycles. The van der Waals surface area contributed by atoms with E-state index in [1.165, 1.54) is 23.5 Å². The second-order valence-electron chi connectivity index (χ2n) is 5.66. The summed E-state index contributed by atoms with van der Waals surface area (Å²) in [6.45, 7) is 1.69. The molecule has 2 rings (SSSR count). The van der Waals surface area contributed by atoms with E-state index in [0.717, 1.165) is 30.0 Å². The lowest BCUT2D eigenvalue weighted by Crippen LogP contribution is -2.47. The van der Waals surface area contributed by atoms with Gasteiger partial charge in [0.1, 0.15) is 5.82 Å². The van der Waals surface area contributed by atoms with E-state index in [-0.39, 0.29) is 11.7 Å². The molecule has 134 valence electrons. The van der Waals surface area contributed by atoms with E-state index in [2.05, 4.69) is 21.1 Å². The lowest BCUT2D eigenvalue weighted by molar-refractivity contribution is 0.0948. The van der Waals surface area contributed by atoms with Crippen LogP contribution in [0.1, 0.15) is 16.1 Å². The number of nitrogens with zero attached hydrogens (tertiary/aromatic N) is 1. The van der Waals surface area contributed by atoms with Crippen LogP contribution in [-0.4, -0.2) is 43.1 Å². The van der Waals surface area contributed by atoms with Gasteiger partial charge in [0.05, 0.1) is 4.88 Å². The Morgan fingerprint density at radius 2 is 1.88 bits per heavy atom. The molecule has 5 nitrogen and oxygen atoms in total. The predicted molar refractivity (Wildman–Crippen MR) is 104 cm³/mol. The summed E-state index contributed by atoms with van der Waals surface area (Å²) in [7, 11) is 4.02. The molecule has 0 fully saturated rings. The maximum Gasteiger partial charge on any atom is 0.279 e. The monoisotopic (exact) mass is 380 g/mol. The molecule has 0 atom stereocenters. The van der Waals surface area contributed by atoms with Crippen molar-refractivity contribution < 1.29 is 9.18 Å². The highest BCUT2D eigenvalue weighted by molar-refractivity contribution is 7.80. The molecule has 0 bridgehead atoms. The molecule has 1 amide bonds. The molecule has 0 radical (unpaired) electrons. The van der Waals surface area contributed by atoms with Gasteiger partial charge >= 0.3 is 0 Å². The highest BCUT2D eigenvalue weighted by Gasteiger charge is 2.10. The third-order valence-corrected chi connectivity index (χ3v) is 4.70. The highest BCUT2D eigenvalue weighted by Crippen LogP contribution is 2.28. The number of hydrogen-bond donors (Lipinski definition) is 3. The molecule has 3 N–H and O–H groups in total. The van der Waals surface area contributed by atoms with Gasteiger partial charge < -0.3 is 10.2 Å². The van der Waals surface area contributed by atoms with Gasteiger partial charge in [-0.15, -0.1) is 11.3 Å². The van der Waals surface area contributed by atoms with Crippen molar-refractivity contribution in [3.63, 3.8) is 0 Å². The van der Waals surface area contributed by atoms with Crippen LogP contribution < -0.4 is 16.2 Å². The van der Waals surface area contributed by atoms with E-state index in [4.69, 9.17) is 12.2 Å². The first-order valence-corrected chi connectivity index (χ1v) is 9.03. The van der Waals surface area contributed by atoms with Crippen LogP contribution in [0.2, 0.25) is 0 Å². The van der Waals surface area contributed by atoms with Crippen LogP contribution >= 0.6 is 23.6 Å². The van der Waals surface area contributed by atoms with E-state index >= 15 is 0 Å². The van der Waals surface area contributed by atoms with Crippen molar-refractivity contribution in [2.75, 3.05) is 27.2 Å². The molecule has 0 aliphatic carbocycles. The Kier molecular flexibility index (Phi) is 7.30. The van der Waals surface area contributed by atoms with E-state index in [1.54, 1.807) is 18.2 Å². The molecule has 1 heterocycles. The first-order chi connectivity index (χ1) is 12.0. The molecular weight excluding hydrogens is 359 g/mol. The Labute approximate surface area is 156 Å². The van der Waals surface area contributed by atoms with Gasteiger partial charge in [0.25, 0.3) is 5.91 Å². The summed E-state index contributed by atoms with van der Waals surface area (Å²) in [4.78, 5) is 15.7. The first kappa shape index (κ1) is 19.3. The van der Waals surface area contributed by atoms with Crippen molar-refractivity contribution in [2.24, 2.45) is 0 Å². The second kappa shape index (κ2) is 9.45. The fourth-order valence-corrected chi connectivity index (χ4v) is 3.11. The van der Waals surface area contributed by atoms with Crippen LogP contribution in [0.25, 0.3) is 10.4 Å². The van der Waals surface area contributed by atoms with Crippen molar-refractivity contribution in [1.29, 1.82) is 0 Å². The number of thiocarbonyl (C=S) groups is 1. The van der Waals surface area contributed by atoms with Gasteiger partial charge in [-0.3, -0.25) is 15.6 Å². The largest absolute Gasteiger partial charge is 0.361 e. The molecule has 1 aromatic carbocycles. The smallest absolute Gasteiger partial charge is 0.279 e. The molecule has 0 aliphatic rings. The number of halogens is 1. The van der Waals surface area contributed by atoms with Gasteiger partial charge in [-0.2, -0.15) is 0 Å². The molecule has 8 heteroatoms. The molecule has 0 saturated carbocycles. The number of amides is 1. The Hall–Kier alpha value is -2.03. The van der Waals surface area contributed by atoms with Gasteiger partial charge in [0.2, 0.25) is 0 Å². The second-order valence-corrected chi connectivity index (χ2v) is 7.15. The van der Waals surface area contributed by atoms with E-state index < -0.39 is 0 Å². The molecular formula is C17H21FN4OS2. The van der Waals surface area contributed by atoms with Gasteiger partial charge in [-0.05, 0) is 69.1 Å². The fraction of sp³-hybridized carbons (Fsp3) is 0.294. The number of carbonyl (C=O) groups excluding carboxylic acids is 1. The third-order valence-electron chi connectivity index (χ3n) is 3.32. The Morgan fingerprint density at radius 1 is 1.16 bits per heavy atom. The summed E-state index contributed by atoms with van der Waals surface area (Å²) in [6, 6.07) is 9.74. The van der Waals surface area contributed by atoms with Crippen molar-refractivity contribution in [1.82, 2.24) is 21.1 Å². The summed E-state index contributed by atoms with van der Waals surface area (Å²) in [6.07, 6.45) is 0.953. The number of thiophene rings is 1. The Bertz CT molecular complexity index is 716. The van der Waals surface area contributed by atoms with Gasteiger partial charge in [-0.25, -0.2) is 4.39 Å². The number of hydrogen-bond acceptors (Lipinski definition) is 4. The van der Waals surface area contributed by atoms with Crippen molar-refractivity contribution in [2.45, 2.75) is 6.42 Å². The van der Waals surface area contributed by atoms with Crippen LogP contribution in [0, 0.1) is 5.82 Å². The predicted octanol–water partition coefficient (Wildman–Crippen LogP) is 2.61. The number of carbonyl (C=O) groups is 1. The quantitative estimate of drug-likeness (QED) is 0.409. The minimum Gasteiger partial charge on any atom is -0.361 e. The topological polar surface area (TPSA) is 56.4 Å². The van der Waals surface area contributed by atoms with Gasteiger partial charge in [0, 0.05) is 11.4 Å². The summed E-state index contributed by atoms with van der Waals surface area (Å²) < 4.78 is 13.0. The van der Waals surface area contributed by atoms with Crippen LogP contribution in [0.3, 0.4) is 0 Å². The van der Waals surface area contributed by atoms with E-state index in [9.17, 15) is 9.18 Å². The molecule has 1 aromatic heterocycles. The average molecular weight is 381 g/mol. The maximum absolute atomic E-state index is 13.0. The first-order valence-electron chi connectivity index (χ1n) is 7.80. The zero-order chi connectivity index (χ0) is 18.2. The third kappa shape index (κ3) is 6.41. The lowest BCUT2D eigenvalue weighted by Gasteiger charge is -2.12. The van der Waals surface area contributed by atoms with Crippen LogP contribution in [0.5, 0.6) is 0 Å². The summed E-state index contributed by atoms with van der Waals surface area (Å²) in [5.74, 6) is -0.551. The molecule has 25 heavy (non-hydrogen) atoms. The summed E-state index contributed by atoms with van der Waals surface area (Å²) >= 11 is 6.45. The van der Waals surface area contributed by atoms with Crippen molar-refractivity contribution in [3.8, 4) is 10.4 Å². The summed E-state index contributed by atoms with van der Waals surface area (Å²) in [5.41, 5.74) is 6.13. The number of nitrogens with one attached hydrogen (secondary N) is 3. The van der Waals surface area contributed by atoms with E-state index in [0.29, 0.717) is 9.99 Å². The SMILES string of the molecule is CN(C)CCCNC(=S)NNC(=O)c1ccc(-c2ccc(F)cc2)s1. The zero-order valence-electron chi connectivity index (χ0n) is 14.1. The zero-order valence-corrected chi connectivity index (χ0v) is 15.8. The molecule has 0 spiro atoms. The van der Waals surface area contributed by atoms with Gasteiger partial charge in [0.15, 0.2) is 5.11 Å². The normalized spacial score (nSPS) is 10.6. The molecule has 0 unspecified atom stereocenters. The standard InChI is InChI=1S/C17H21FN4OS2/c1-22(2)11-3-10-19-17(24)21-20-16(23)15-9-8-14(25-15)12-4-6-13(18)7-5-12/h4-9H,3,10-11H2,1-2H3,(H,20,23)(H2,19,21,24). The number of rotatable bonds is 6. The number of benzene rings is 1. The Balaban J connectivity index is 1.79. The van der Waals surface area contributed by atoms with Crippen LogP contribution in [-0.2, 0) is 0 Å². The lowest BCUT2D eigenvalue weighted by atomic mass is 10.2. The van der Waals surface area contributed by atoms with Crippen LogP contribution in [0.15, 0.2) is 36.4 Å². The van der Waals surface area contributed by atoms with Crippen molar-refractivity contribution >= 4 is 34.6 Å². The minimum atomic E-state index is -0.283. The fourth-order valence-electron chi connectivity index (χ4n) is 2.05. The Morgan fingerprint density at radius 3 is 2.56 bits per heavy atom. The van der Waals surface area contributed by atoms with Crippen molar-refractivity contribution in [3.05, 3.63) is 47.1 Å². The van der Waals surface area contributed by atoms with Crippen LogP contribution in [0.4, 0.5) is 4.39 Å². The average Bonchev–Trinajstić information content (AvgIpc) is 3.07. The molecule has 0 saturated heterocycles. The van der Waals surface area contributed by atoms with E-state index in [1.807, 2.05) is 20.2 Å². The van der Waals surface area contributed by atoms with Gasteiger partial charge in [-0.1, -0.05) is 12.1 Å². The highest BCUT2D eigenvalue weighted by atomic mass is 32.1. The number of hydrazine groups is 1. The maximum atomic E-state index is 13.0.